The van der Waals surface area contributed by atoms with Gasteiger partial charge in [0.05, 0.1) is 16.9 Å². The molecule has 5 N–H and O–H groups in total. The number of nitrogen functional groups attached to an aromatic ring is 2. The van der Waals surface area contributed by atoms with Crippen LogP contribution in [-0.2, 0) is 0 Å². The number of hydrogen-bond donors (Lipinski definition) is 3. The quantitative estimate of drug-likeness (QED) is 0.554. The van der Waals surface area contributed by atoms with Gasteiger partial charge in [0, 0.05) is 0 Å². The van der Waals surface area contributed by atoms with Crippen LogP contribution in [0.3, 0.4) is 0 Å². The molecule has 0 bridgehead atoms. The number of nitrogens with two attached hydrogens (primary N) is 2. The first-order valence-electron chi connectivity index (χ1n) is 6.31. The first-order chi connectivity index (χ1) is 10.1. The fourth-order valence-electron chi connectivity index (χ4n) is 1.73. The number of carbonyl (C=O) groups is 1. The lowest BCUT2D eigenvalue weighted by Gasteiger charge is -2.11. The van der Waals surface area contributed by atoms with Gasteiger partial charge in [-0.1, -0.05) is 12.1 Å². The van der Waals surface area contributed by atoms with Crippen molar-refractivity contribution in [1.82, 2.24) is 0 Å². The van der Waals surface area contributed by atoms with Gasteiger partial charge in [-0.25, -0.2) is 4.79 Å². The molecule has 2 aromatic carbocycles. The summed E-state index contributed by atoms with van der Waals surface area (Å²) in [5.41, 5.74) is 12.4. The van der Waals surface area contributed by atoms with Crippen LogP contribution in [0, 0.1) is 0 Å². The SMILES string of the molecule is Nc1ccccc1OCCOc1ccc(C(=O)O)cc1N. The van der Waals surface area contributed by atoms with Crippen LogP contribution in [0.1, 0.15) is 10.4 Å². The number of aromatic carboxylic acids is 1. The Balaban J connectivity index is 1.87. The summed E-state index contributed by atoms with van der Waals surface area (Å²) in [7, 11) is 0. The van der Waals surface area contributed by atoms with Crippen LogP contribution >= 0.6 is 0 Å². The maximum absolute atomic E-state index is 10.8. The highest BCUT2D eigenvalue weighted by atomic mass is 16.5. The number of carboxylic acid groups (broad SMARTS) is 1. The monoisotopic (exact) mass is 288 g/mol. The van der Waals surface area contributed by atoms with E-state index in [1.165, 1.54) is 18.2 Å². The Hall–Kier alpha value is -2.89. The van der Waals surface area contributed by atoms with Gasteiger partial charge in [-0.2, -0.15) is 0 Å². The fraction of sp³-hybridized carbons (Fsp3) is 0.133. The fourth-order valence-corrected chi connectivity index (χ4v) is 1.73. The van der Waals surface area contributed by atoms with E-state index in [0.717, 1.165) is 0 Å². The lowest BCUT2D eigenvalue weighted by Crippen LogP contribution is -2.11. The van der Waals surface area contributed by atoms with Crippen molar-refractivity contribution in [3.8, 4) is 11.5 Å². The first kappa shape index (κ1) is 14.5. The van der Waals surface area contributed by atoms with Crippen molar-refractivity contribution in [2.75, 3.05) is 24.7 Å². The summed E-state index contributed by atoms with van der Waals surface area (Å²) in [4.78, 5) is 10.8. The molecule has 0 fully saturated rings. The van der Waals surface area contributed by atoms with Crippen molar-refractivity contribution in [2.24, 2.45) is 0 Å². The van der Waals surface area contributed by atoms with E-state index in [0.29, 0.717) is 23.8 Å². The van der Waals surface area contributed by atoms with Crippen LogP contribution in [-0.4, -0.2) is 24.3 Å². The smallest absolute Gasteiger partial charge is 0.335 e. The third kappa shape index (κ3) is 3.79. The number of hydrogen-bond acceptors (Lipinski definition) is 5. The number of benzene rings is 2. The molecule has 0 unspecified atom stereocenters. The first-order valence-corrected chi connectivity index (χ1v) is 6.31. The molecular formula is C15H16N2O4. The predicted octanol–water partition coefficient (Wildman–Crippen LogP) is 2.01. The molecule has 0 saturated carbocycles. The van der Waals surface area contributed by atoms with E-state index in [1.807, 2.05) is 12.1 Å². The van der Waals surface area contributed by atoms with Gasteiger partial charge < -0.3 is 26.0 Å². The molecule has 0 aliphatic rings. The minimum absolute atomic E-state index is 0.119. The van der Waals surface area contributed by atoms with E-state index in [9.17, 15) is 4.79 Å². The topological polar surface area (TPSA) is 108 Å². The Labute approximate surface area is 121 Å². The summed E-state index contributed by atoms with van der Waals surface area (Å²) in [6, 6.07) is 11.5. The zero-order chi connectivity index (χ0) is 15.2. The van der Waals surface area contributed by atoms with Crippen LogP contribution in [0.15, 0.2) is 42.5 Å². The maximum Gasteiger partial charge on any atom is 0.335 e. The van der Waals surface area contributed by atoms with E-state index in [1.54, 1.807) is 12.1 Å². The predicted molar refractivity (Wildman–Crippen MR) is 79.7 cm³/mol. The van der Waals surface area contributed by atoms with E-state index >= 15 is 0 Å². The molecule has 0 amide bonds. The van der Waals surface area contributed by atoms with Gasteiger partial charge in [0.1, 0.15) is 24.7 Å². The molecule has 0 spiro atoms. The molecule has 0 aromatic heterocycles. The molecule has 2 rings (SSSR count). The maximum atomic E-state index is 10.8. The molecule has 21 heavy (non-hydrogen) atoms. The van der Waals surface area contributed by atoms with E-state index < -0.39 is 5.97 Å². The van der Waals surface area contributed by atoms with Crippen LogP contribution in [0.2, 0.25) is 0 Å². The molecular weight excluding hydrogens is 272 g/mol. The van der Waals surface area contributed by atoms with Crippen LogP contribution < -0.4 is 20.9 Å². The average Bonchev–Trinajstić information content (AvgIpc) is 2.46. The van der Waals surface area contributed by atoms with Crippen molar-refractivity contribution < 1.29 is 19.4 Å². The van der Waals surface area contributed by atoms with E-state index in [4.69, 9.17) is 26.0 Å². The van der Waals surface area contributed by atoms with Crippen molar-refractivity contribution in [2.45, 2.75) is 0 Å². The second kappa shape index (κ2) is 6.51. The van der Waals surface area contributed by atoms with Gasteiger partial charge >= 0.3 is 5.97 Å². The van der Waals surface area contributed by atoms with Gasteiger partial charge in [0.25, 0.3) is 0 Å². The molecule has 6 heteroatoms. The Bertz CT molecular complexity index is 643. The van der Waals surface area contributed by atoms with Crippen LogP contribution in [0.4, 0.5) is 11.4 Å². The highest BCUT2D eigenvalue weighted by molar-refractivity contribution is 5.89. The van der Waals surface area contributed by atoms with Gasteiger partial charge in [-0.05, 0) is 30.3 Å². The summed E-state index contributed by atoms with van der Waals surface area (Å²) in [5, 5.41) is 8.84. The summed E-state index contributed by atoms with van der Waals surface area (Å²) >= 11 is 0. The van der Waals surface area contributed by atoms with Gasteiger partial charge in [-0.15, -0.1) is 0 Å². The molecule has 0 aliphatic heterocycles. The third-order valence-electron chi connectivity index (χ3n) is 2.77. The summed E-state index contributed by atoms with van der Waals surface area (Å²) in [6.07, 6.45) is 0. The lowest BCUT2D eigenvalue weighted by atomic mass is 10.2. The van der Waals surface area contributed by atoms with Gasteiger partial charge in [0.15, 0.2) is 0 Å². The average molecular weight is 288 g/mol. The van der Waals surface area contributed by atoms with E-state index in [-0.39, 0.29) is 17.9 Å². The summed E-state index contributed by atoms with van der Waals surface area (Å²) in [6.45, 7) is 0.569. The zero-order valence-corrected chi connectivity index (χ0v) is 11.3. The minimum atomic E-state index is -1.03. The standard InChI is InChI=1S/C15H16N2O4/c16-11-3-1-2-4-13(11)20-7-8-21-14-6-5-10(15(18)19)9-12(14)17/h1-6,9H,7-8,16-17H2,(H,18,19). The molecule has 110 valence electrons. The number of anilines is 2. The highest BCUT2D eigenvalue weighted by Crippen LogP contribution is 2.23. The number of carboxylic acids is 1. The Morgan fingerprint density at radius 2 is 1.57 bits per heavy atom. The van der Waals surface area contributed by atoms with Gasteiger partial charge in [-0.3, -0.25) is 0 Å². The number of para-hydroxylation sites is 2. The highest BCUT2D eigenvalue weighted by Gasteiger charge is 2.07. The molecule has 2 aromatic rings. The number of rotatable bonds is 6. The Kier molecular flexibility index (Phi) is 4.50. The van der Waals surface area contributed by atoms with Crippen molar-refractivity contribution in [3.63, 3.8) is 0 Å². The number of ether oxygens (including phenoxy) is 2. The molecule has 0 atom stereocenters. The summed E-state index contributed by atoms with van der Waals surface area (Å²) in [5.74, 6) is -0.0175. The molecule has 6 nitrogen and oxygen atoms in total. The molecule has 0 aliphatic carbocycles. The largest absolute Gasteiger partial charge is 0.488 e. The third-order valence-corrected chi connectivity index (χ3v) is 2.77. The van der Waals surface area contributed by atoms with Crippen LogP contribution in [0.5, 0.6) is 11.5 Å². The van der Waals surface area contributed by atoms with Crippen LogP contribution in [0.25, 0.3) is 0 Å². The normalized spacial score (nSPS) is 10.1. The van der Waals surface area contributed by atoms with Crippen molar-refractivity contribution in [1.29, 1.82) is 0 Å². The minimum Gasteiger partial charge on any atom is -0.488 e. The van der Waals surface area contributed by atoms with Crippen molar-refractivity contribution in [3.05, 3.63) is 48.0 Å². The Morgan fingerprint density at radius 3 is 2.14 bits per heavy atom. The van der Waals surface area contributed by atoms with Crippen molar-refractivity contribution >= 4 is 17.3 Å². The summed E-state index contributed by atoms with van der Waals surface area (Å²) < 4.78 is 10.9. The zero-order valence-electron chi connectivity index (χ0n) is 11.3. The van der Waals surface area contributed by atoms with Gasteiger partial charge in [0.2, 0.25) is 0 Å². The lowest BCUT2D eigenvalue weighted by molar-refractivity contribution is 0.0697. The molecule has 0 heterocycles. The Morgan fingerprint density at radius 1 is 0.952 bits per heavy atom. The van der Waals surface area contributed by atoms with E-state index in [2.05, 4.69) is 0 Å². The second-order valence-corrected chi connectivity index (χ2v) is 4.29. The second-order valence-electron chi connectivity index (χ2n) is 4.29. The molecule has 0 radical (unpaired) electrons. The molecule has 0 saturated heterocycles.